The van der Waals surface area contributed by atoms with Gasteiger partial charge in [0.1, 0.15) is 0 Å². The van der Waals surface area contributed by atoms with Gasteiger partial charge in [-0.2, -0.15) is 0 Å². The number of hydrogen-bond acceptors (Lipinski definition) is 6. The fourth-order valence-corrected chi connectivity index (χ4v) is 3.75. The van der Waals surface area contributed by atoms with Crippen LogP contribution in [0.4, 0.5) is 5.13 Å². The van der Waals surface area contributed by atoms with E-state index in [2.05, 4.69) is 25.5 Å². The van der Waals surface area contributed by atoms with Crippen LogP contribution < -0.4 is 5.32 Å². The van der Waals surface area contributed by atoms with Gasteiger partial charge in [-0.25, -0.2) is 4.98 Å². The van der Waals surface area contributed by atoms with E-state index in [0.717, 1.165) is 26.2 Å². The third kappa shape index (κ3) is 4.11. The van der Waals surface area contributed by atoms with Crippen molar-refractivity contribution in [2.75, 3.05) is 18.4 Å². The second-order valence-electron chi connectivity index (χ2n) is 5.68. The number of hydrogen-bond donors (Lipinski definition) is 1. The first kappa shape index (κ1) is 15.1. The number of likely N-dealkylation sites (tertiary alicyclic amines) is 1. The molecule has 3 rings (SSSR count). The van der Waals surface area contributed by atoms with Crippen molar-refractivity contribution in [1.29, 1.82) is 0 Å². The van der Waals surface area contributed by atoms with Crippen LogP contribution in [0.2, 0.25) is 0 Å². The van der Waals surface area contributed by atoms with Gasteiger partial charge in [-0.15, -0.1) is 16.4 Å². The molecule has 1 saturated heterocycles. The number of piperidine rings is 1. The quantitative estimate of drug-likeness (QED) is 0.906. The van der Waals surface area contributed by atoms with Crippen molar-refractivity contribution in [3.63, 3.8) is 0 Å². The van der Waals surface area contributed by atoms with Crippen molar-refractivity contribution >= 4 is 22.4 Å². The first-order valence-electron chi connectivity index (χ1n) is 7.48. The van der Waals surface area contributed by atoms with Gasteiger partial charge in [-0.1, -0.05) is 5.21 Å². The Morgan fingerprint density at radius 3 is 3.23 bits per heavy atom. The molecule has 0 radical (unpaired) electrons. The van der Waals surface area contributed by atoms with Gasteiger partial charge in [0.15, 0.2) is 5.13 Å². The van der Waals surface area contributed by atoms with Crippen LogP contribution in [0.5, 0.6) is 0 Å². The highest BCUT2D eigenvalue weighted by atomic mass is 32.1. The first-order valence-corrected chi connectivity index (χ1v) is 8.29. The van der Waals surface area contributed by atoms with Crippen LogP contribution in [-0.2, 0) is 17.9 Å². The summed E-state index contributed by atoms with van der Waals surface area (Å²) < 4.78 is 1.91. The van der Waals surface area contributed by atoms with E-state index in [1.165, 1.54) is 24.6 Å². The van der Waals surface area contributed by atoms with E-state index < -0.39 is 0 Å². The van der Waals surface area contributed by atoms with Gasteiger partial charge in [-0.05, 0) is 25.3 Å². The number of nitrogens with zero attached hydrogens (tertiary/aromatic N) is 5. The van der Waals surface area contributed by atoms with Gasteiger partial charge >= 0.3 is 0 Å². The van der Waals surface area contributed by atoms with Crippen molar-refractivity contribution < 1.29 is 4.79 Å². The molecule has 1 atom stereocenters. The predicted molar refractivity (Wildman–Crippen MR) is 84.4 cm³/mol. The topological polar surface area (TPSA) is 75.9 Å². The van der Waals surface area contributed by atoms with E-state index in [1.807, 2.05) is 17.1 Å². The molecule has 8 heteroatoms. The molecule has 1 aliphatic rings. The van der Waals surface area contributed by atoms with Crippen molar-refractivity contribution in [3.05, 3.63) is 23.5 Å². The first-order chi connectivity index (χ1) is 10.7. The Labute approximate surface area is 133 Å². The van der Waals surface area contributed by atoms with E-state index in [-0.39, 0.29) is 5.91 Å². The van der Waals surface area contributed by atoms with Crippen molar-refractivity contribution in [1.82, 2.24) is 24.9 Å². The maximum Gasteiger partial charge on any atom is 0.223 e. The van der Waals surface area contributed by atoms with E-state index in [9.17, 15) is 4.79 Å². The summed E-state index contributed by atoms with van der Waals surface area (Å²) in [6, 6.07) is 0. The molecule has 1 unspecified atom stereocenters. The molecule has 1 N–H and O–H groups in total. The van der Waals surface area contributed by atoms with Crippen molar-refractivity contribution in [3.8, 4) is 0 Å². The molecular formula is C14H20N6OS. The Hall–Kier alpha value is -1.80. The van der Waals surface area contributed by atoms with Crippen LogP contribution >= 0.6 is 11.3 Å². The summed E-state index contributed by atoms with van der Waals surface area (Å²) in [5, 5.41) is 11.3. The zero-order valence-electron chi connectivity index (χ0n) is 12.6. The van der Waals surface area contributed by atoms with Crippen LogP contribution in [-0.4, -0.2) is 43.9 Å². The van der Waals surface area contributed by atoms with Gasteiger partial charge < -0.3 is 5.32 Å². The van der Waals surface area contributed by atoms with E-state index in [1.54, 1.807) is 17.5 Å². The lowest BCUT2D eigenvalue weighted by atomic mass is 9.98. The van der Waals surface area contributed by atoms with E-state index in [4.69, 9.17) is 0 Å². The zero-order chi connectivity index (χ0) is 15.4. The molecule has 7 nitrogen and oxygen atoms in total. The molecule has 118 valence electrons. The SMILES string of the molecule is CC(=O)Nc1ncc(CN2CCCC(Cn3ccnn3)C2)s1. The van der Waals surface area contributed by atoms with Crippen LogP contribution in [0.15, 0.2) is 18.6 Å². The molecule has 0 aromatic carbocycles. The van der Waals surface area contributed by atoms with Gasteiger partial charge in [0.05, 0.1) is 6.20 Å². The Morgan fingerprint density at radius 1 is 1.55 bits per heavy atom. The lowest BCUT2D eigenvalue weighted by Gasteiger charge is -2.32. The Kier molecular flexibility index (Phi) is 4.79. The Bertz CT molecular complexity index is 611. The highest BCUT2D eigenvalue weighted by Gasteiger charge is 2.21. The lowest BCUT2D eigenvalue weighted by Crippen LogP contribution is -2.36. The normalized spacial score (nSPS) is 19.2. The van der Waals surface area contributed by atoms with E-state index >= 15 is 0 Å². The highest BCUT2D eigenvalue weighted by Crippen LogP contribution is 2.23. The summed E-state index contributed by atoms with van der Waals surface area (Å²) in [4.78, 5) is 18.9. The molecule has 3 heterocycles. The molecule has 1 fully saturated rings. The molecule has 0 saturated carbocycles. The minimum absolute atomic E-state index is 0.0771. The summed E-state index contributed by atoms with van der Waals surface area (Å²) in [6.07, 6.45) is 7.94. The maximum absolute atomic E-state index is 11.0. The second kappa shape index (κ2) is 6.97. The molecule has 0 aliphatic carbocycles. The second-order valence-corrected chi connectivity index (χ2v) is 6.80. The third-order valence-corrected chi connectivity index (χ3v) is 4.63. The Balaban J connectivity index is 1.53. The highest BCUT2D eigenvalue weighted by molar-refractivity contribution is 7.15. The summed E-state index contributed by atoms with van der Waals surface area (Å²) in [6.45, 7) is 5.50. The molecular weight excluding hydrogens is 300 g/mol. The summed E-state index contributed by atoms with van der Waals surface area (Å²) in [5.41, 5.74) is 0. The molecule has 1 amide bonds. The van der Waals surface area contributed by atoms with Crippen LogP contribution in [0, 0.1) is 5.92 Å². The number of nitrogens with one attached hydrogen (secondary N) is 1. The standard InChI is InChI=1S/C14H20N6OS/c1-11(21)17-14-15-7-13(22-14)10-19-5-2-3-12(8-19)9-20-6-4-16-18-20/h4,6-7,12H,2-3,5,8-10H2,1H3,(H,15,17,21). The lowest BCUT2D eigenvalue weighted by molar-refractivity contribution is -0.114. The number of carbonyl (C=O) groups excluding carboxylic acids is 1. The molecule has 22 heavy (non-hydrogen) atoms. The third-order valence-electron chi connectivity index (χ3n) is 3.74. The van der Waals surface area contributed by atoms with Crippen LogP contribution in [0.3, 0.4) is 0 Å². The number of amides is 1. The van der Waals surface area contributed by atoms with E-state index in [0.29, 0.717) is 11.0 Å². The van der Waals surface area contributed by atoms with Crippen molar-refractivity contribution in [2.24, 2.45) is 5.92 Å². The fourth-order valence-electron chi connectivity index (χ4n) is 2.85. The number of anilines is 1. The summed E-state index contributed by atoms with van der Waals surface area (Å²) in [7, 11) is 0. The van der Waals surface area contributed by atoms with Gasteiger partial charge in [0.25, 0.3) is 0 Å². The average Bonchev–Trinajstić information content (AvgIpc) is 3.11. The maximum atomic E-state index is 11.0. The minimum Gasteiger partial charge on any atom is -0.302 e. The Morgan fingerprint density at radius 2 is 2.45 bits per heavy atom. The van der Waals surface area contributed by atoms with Gasteiger partial charge in [-0.3, -0.25) is 14.4 Å². The van der Waals surface area contributed by atoms with Gasteiger partial charge in [0, 0.05) is 43.8 Å². The predicted octanol–water partition coefficient (Wildman–Crippen LogP) is 1.61. The molecule has 0 spiro atoms. The molecule has 1 aliphatic heterocycles. The monoisotopic (exact) mass is 320 g/mol. The summed E-state index contributed by atoms with van der Waals surface area (Å²) in [5.74, 6) is 0.532. The zero-order valence-corrected chi connectivity index (χ0v) is 13.4. The number of rotatable bonds is 5. The van der Waals surface area contributed by atoms with Crippen LogP contribution in [0.25, 0.3) is 0 Å². The van der Waals surface area contributed by atoms with Gasteiger partial charge in [0.2, 0.25) is 5.91 Å². The van der Waals surface area contributed by atoms with Crippen molar-refractivity contribution in [2.45, 2.75) is 32.9 Å². The largest absolute Gasteiger partial charge is 0.302 e. The molecule has 2 aromatic heterocycles. The average molecular weight is 320 g/mol. The number of aromatic nitrogens is 4. The molecule has 0 bridgehead atoms. The summed E-state index contributed by atoms with van der Waals surface area (Å²) >= 11 is 1.55. The fraction of sp³-hybridized carbons (Fsp3) is 0.571. The smallest absolute Gasteiger partial charge is 0.223 e. The number of carbonyl (C=O) groups is 1. The molecule has 2 aromatic rings. The minimum atomic E-state index is -0.0771. The van der Waals surface area contributed by atoms with Crippen LogP contribution in [0.1, 0.15) is 24.6 Å². The number of thiazole rings is 1.